The lowest BCUT2D eigenvalue weighted by Crippen LogP contribution is -2.43. The lowest BCUT2D eigenvalue weighted by Gasteiger charge is -2.30. The van der Waals surface area contributed by atoms with E-state index in [0.29, 0.717) is 11.8 Å². The van der Waals surface area contributed by atoms with Crippen molar-refractivity contribution >= 4 is 6.03 Å². The molecular formula is C13H24N2O. The van der Waals surface area contributed by atoms with Crippen molar-refractivity contribution in [3.05, 3.63) is 11.8 Å². The van der Waals surface area contributed by atoms with E-state index in [9.17, 15) is 4.79 Å². The summed E-state index contributed by atoms with van der Waals surface area (Å²) in [5, 5.41) is 2.88. The minimum absolute atomic E-state index is 0.0477. The standard InChI is InChI=1S/C13H24N2O/c1-10(2)12(4)8-14-13(16)15-7-5-6-11(3)9-15/h8,10-11H,5-7,9H2,1-4H3,(H,14,16)/b12-8+. The Hall–Kier alpha value is -0.990. The molecule has 0 bridgehead atoms. The maximum atomic E-state index is 11.8. The summed E-state index contributed by atoms with van der Waals surface area (Å²) in [5.41, 5.74) is 1.21. The fourth-order valence-corrected chi connectivity index (χ4v) is 1.81. The van der Waals surface area contributed by atoms with Gasteiger partial charge in [0.1, 0.15) is 0 Å². The molecule has 0 aromatic heterocycles. The molecule has 3 heteroatoms. The average Bonchev–Trinajstić information content (AvgIpc) is 2.25. The number of allylic oxidation sites excluding steroid dienone is 1. The normalized spacial score (nSPS) is 22.4. The van der Waals surface area contributed by atoms with Crippen LogP contribution in [0.5, 0.6) is 0 Å². The van der Waals surface area contributed by atoms with Crippen LogP contribution in [0.1, 0.15) is 40.5 Å². The largest absolute Gasteiger partial charge is 0.324 e. The van der Waals surface area contributed by atoms with Crippen molar-refractivity contribution < 1.29 is 4.79 Å². The second-order valence-corrected chi connectivity index (χ2v) is 5.19. The zero-order valence-electron chi connectivity index (χ0n) is 10.9. The molecule has 0 spiro atoms. The molecule has 1 aliphatic heterocycles. The Bertz CT molecular complexity index is 271. The third kappa shape index (κ3) is 3.87. The molecule has 1 saturated heterocycles. The Morgan fingerprint density at radius 2 is 2.19 bits per heavy atom. The van der Waals surface area contributed by atoms with Gasteiger partial charge >= 0.3 is 6.03 Å². The number of nitrogens with zero attached hydrogens (tertiary/aromatic N) is 1. The third-order valence-corrected chi connectivity index (χ3v) is 3.28. The van der Waals surface area contributed by atoms with Gasteiger partial charge in [0.25, 0.3) is 0 Å². The zero-order valence-corrected chi connectivity index (χ0v) is 10.9. The molecule has 1 fully saturated rings. The highest BCUT2D eigenvalue weighted by atomic mass is 16.2. The van der Waals surface area contributed by atoms with Crippen LogP contribution in [0.4, 0.5) is 4.79 Å². The first kappa shape index (κ1) is 13.1. The number of carbonyl (C=O) groups excluding carboxylic acids is 1. The van der Waals surface area contributed by atoms with Crippen molar-refractivity contribution in [1.29, 1.82) is 0 Å². The summed E-state index contributed by atoms with van der Waals surface area (Å²) in [6.45, 7) is 10.3. The summed E-state index contributed by atoms with van der Waals surface area (Å²) in [4.78, 5) is 13.8. The van der Waals surface area contributed by atoms with Crippen LogP contribution in [-0.4, -0.2) is 24.0 Å². The van der Waals surface area contributed by atoms with Crippen LogP contribution in [0.2, 0.25) is 0 Å². The number of rotatable bonds is 2. The van der Waals surface area contributed by atoms with E-state index in [4.69, 9.17) is 0 Å². The maximum absolute atomic E-state index is 11.8. The summed E-state index contributed by atoms with van der Waals surface area (Å²) in [7, 11) is 0. The van der Waals surface area contributed by atoms with Gasteiger partial charge in [-0.2, -0.15) is 0 Å². The Morgan fingerprint density at radius 1 is 1.50 bits per heavy atom. The highest BCUT2D eigenvalue weighted by molar-refractivity contribution is 5.75. The van der Waals surface area contributed by atoms with E-state index in [1.807, 2.05) is 18.0 Å². The van der Waals surface area contributed by atoms with Gasteiger partial charge in [-0.05, 0) is 31.6 Å². The molecule has 1 heterocycles. The van der Waals surface area contributed by atoms with Gasteiger partial charge in [-0.15, -0.1) is 0 Å². The number of carbonyl (C=O) groups is 1. The van der Waals surface area contributed by atoms with E-state index < -0.39 is 0 Å². The SMILES string of the molecule is C/C(=C\NC(=O)N1CCCC(C)C1)C(C)C. The Kier molecular flexibility index (Phi) is 4.84. The summed E-state index contributed by atoms with van der Waals surface area (Å²) < 4.78 is 0. The van der Waals surface area contributed by atoms with Crippen molar-refractivity contribution in [1.82, 2.24) is 10.2 Å². The Morgan fingerprint density at radius 3 is 2.75 bits per heavy atom. The summed E-state index contributed by atoms with van der Waals surface area (Å²) >= 11 is 0. The Balaban J connectivity index is 2.43. The summed E-state index contributed by atoms with van der Waals surface area (Å²) in [6, 6.07) is 0.0477. The number of hydrogen-bond donors (Lipinski definition) is 1. The van der Waals surface area contributed by atoms with Gasteiger partial charge in [-0.25, -0.2) is 4.79 Å². The van der Waals surface area contributed by atoms with Crippen LogP contribution in [0.25, 0.3) is 0 Å². The molecule has 0 radical (unpaired) electrons. The minimum atomic E-state index is 0.0477. The van der Waals surface area contributed by atoms with Gasteiger partial charge in [-0.3, -0.25) is 0 Å². The maximum Gasteiger partial charge on any atom is 0.321 e. The van der Waals surface area contributed by atoms with E-state index in [1.54, 1.807) is 0 Å². The quantitative estimate of drug-likeness (QED) is 0.768. The molecule has 0 aromatic carbocycles. The van der Waals surface area contributed by atoms with Crippen molar-refractivity contribution in [2.45, 2.75) is 40.5 Å². The van der Waals surface area contributed by atoms with Gasteiger partial charge in [-0.1, -0.05) is 26.3 Å². The molecule has 3 nitrogen and oxygen atoms in total. The molecule has 0 aliphatic carbocycles. The van der Waals surface area contributed by atoms with Crippen LogP contribution in [0.3, 0.4) is 0 Å². The van der Waals surface area contributed by atoms with Crippen LogP contribution in [0, 0.1) is 11.8 Å². The van der Waals surface area contributed by atoms with Crippen LogP contribution in [-0.2, 0) is 0 Å². The Labute approximate surface area is 98.9 Å². The third-order valence-electron chi connectivity index (χ3n) is 3.28. The van der Waals surface area contributed by atoms with Crippen LogP contribution in [0.15, 0.2) is 11.8 Å². The van der Waals surface area contributed by atoms with Gasteiger partial charge in [0.05, 0.1) is 0 Å². The molecular weight excluding hydrogens is 200 g/mol. The average molecular weight is 224 g/mol. The van der Waals surface area contributed by atoms with Crippen molar-refractivity contribution in [3.63, 3.8) is 0 Å². The highest BCUT2D eigenvalue weighted by Crippen LogP contribution is 2.15. The number of hydrogen-bond acceptors (Lipinski definition) is 1. The fourth-order valence-electron chi connectivity index (χ4n) is 1.81. The molecule has 2 amide bonds. The summed E-state index contributed by atoms with van der Waals surface area (Å²) in [6.07, 6.45) is 4.21. The van der Waals surface area contributed by atoms with Gasteiger partial charge in [0.2, 0.25) is 0 Å². The summed E-state index contributed by atoms with van der Waals surface area (Å²) in [5.74, 6) is 1.12. The highest BCUT2D eigenvalue weighted by Gasteiger charge is 2.19. The molecule has 0 aromatic rings. The number of nitrogens with one attached hydrogen (secondary N) is 1. The van der Waals surface area contributed by atoms with Crippen LogP contribution >= 0.6 is 0 Å². The second-order valence-electron chi connectivity index (χ2n) is 5.19. The first-order valence-electron chi connectivity index (χ1n) is 6.22. The molecule has 16 heavy (non-hydrogen) atoms. The predicted octanol–water partition coefficient (Wildman–Crippen LogP) is 2.99. The first-order chi connectivity index (χ1) is 7.50. The number of amides is 2. The minimum Gasteiger partial charge on any atom is -0.324 e. The molecule has 92 valence electrons. The monoisotopic (exact) mass is 224 g/mol. The number of piperidine rings is 1. The fraction of sp³-hybridized carbons (Fsp3) is 0.769. The van der Waals surface area contributed by atoms with E-state index >= 15 is 0 Å². The second kappa shape index (κ2) is 5.92. The van der Waals surface area contributed by atoms with Gasteiger partial charge < -0.3 is 10.2 Å². The van der Waals surface area contributed by atoms with E-state index in [0.717, 1.165) is 19.5 Å². The van der Waals surface area contributed by atoms with Crippen LogP contribution < -0.4 is 5.32 Å². The molecule has 1 aliphatic rings. The lowest BCUT2D eigenvalue weighted by molar-refractivity contribution is 0.173. The molecule has 0 saturated carbocycles. The van der Waals surface area contributed by atoms with E-state index in [1.165, 1.54) is 12.0 Å². The zero-order chi connectivity index (χ0) is 12.1. The first-order valence-corrected chi connectivity index (χ1v) is 6.22. The molecule has 1 unspecified atom stereocenters. The van der Waals surface area contributed by atoms with Crippen molar-refractivity contribution in [3.8, 4) is 0 Å². The molecule has 1 rings (SSSR count). The van der Waals surface area contributed by atoms with E-state index in [-0.39, 0.29) is 6.03 Å². The smallest absolute Gasteiger partial charge is 0.321 e. The number of urea groups is 1. The number of likely N-dealkylation sites (tertiary alicyclic amines) is 1. The molecule has 1 atom stereocenters. The van der Waals surface area contributed by atoms with Crippen molar-refractivity contribution in [2.75, 3.05) is 13.1 Å². The predicted molar refractivity (Wildman–Crippen MR) is 67.1 cm³/mol. The van der Waals surface area contributed by atoms with E-state index in [2.05, 4.69) is 26.1 Å². The van der Waals surface area contributed by atoms with Crippen molar-refractivity contribution in [2.24, 2.45) is 11.8 Å². The lowest BCUT2D eigenvalue weighted by atomic mass is 10.0. The van der Waals surface area contributed by atoms with Gasteiger partial charge in [0, 0.05) is 19.3 Å². The van der Waals surface area contributed by atoms with Gasteiger partial charge in [0.15, 0.2) is 0 Å². The topological polar surface area (TPSA) is 32.3 Å². The molecule has 1 N–H and O–H groups in total.